The van der Waals surface area contributed by atoms with Crippen LogP contribution in [0.2, 0.25) is 0 Å². The average molecular weight is 296 g/mol. The average Bonchev–Trinajstić information content (AvgIpc) is 2.49. The summed E-state index contributed by atoms with van der Waals surface area (Å²) >= 11 is 0. The molecule has 3 heteroatoms. The molecule has 1 aromatic carbocycles. The highest BCUT2D eigenvalue weighted by molar-refractivity contribution is 5.19. The van der Waals surface area contributed by atoms with E-state index in [9.17, 15) is 13.9 Å². The van der Waals surface area contributed by atoms with Crippen LogP contribution in [0.1, 0.15) is 57.4 Å². The quantitative estimate of drug-likeness (QED) is 0.794. The number of aliphatic hydroxyl groups is 1. The van der Waals surface area contributed by atoms with Crippen molar-refractivity contribution in [3.63, 3.8) is 0 Å². The lowest BCUT2D eigenvalue weighted by atomic mass is 9.76. The predicted octanol–water partition coefficient (Wildman–Crippen LogP) is 4.86. The van der Waals surface area contributed by atoms with E-state index >= 15 is 0 Å². The Hall–Kier alpha value is -0.960. The van der Waals surface area contributed by atoms with Crippen LogP contribution in [-0.2, 0) is 6.42 Å². The molecule has 0 spiro atoms. The van der Waals surface area contributed by atoms with Crippen LogP contribution < -0.4 is 0 Å². The van der Waals surface area contributed by atoms with Crippen LogP contribution in [0.4, 0.5) is 8.78 Å². The molecule has 1 aromatic rings. The number of hydrogen-bond acceptors (Lipinski definition) is 1. The lowest BCUT2D eigenvalue weighted by Crippen LogP contribution is -2.27. The monoisotopic (exact) mass is 296 g/mol. The second-order valence-electron chi connectivity index (χ2n) is 6.43. The van der Waals surface area contributed by atoms with E-state index in [0.717, 1.165) is 43.7 Å². The van der Waals surface area contributed by atoms with Crippen LogP contribution >= 0.6 is 0 Å². The van der Waals surface area contributed by atoms with Crippen molar-refractivity contribution in [3.8, 4) is 0 Å². The Bertz CT molecular complexity index is 439. The first-order valence-corrected chi connectivity index (χ1v) is 8.22. The van der Waals surface area contributed by atoms with E-state index in [2.05, 4.69) is 6.92 Å². The van der Waals surface area contributed by atoms with Crippen LogP contribution in [0.5, 0.6) is 0 Å². The fourth-order valence-corrected chi connectivity index (χ4v) is 3.45. The van der Waals surface area contributed by atoms with Gasteiger partial charge in [0.2, 0.25) is 0 Å². The van der Waals surface area contributed by atoms with Gasteiger partial charge < -0.3 is 5.11 Å². The third kappa shape index (κ3) is 4.77. The molecule has 1 saturated carbocycles. The van der Waals surface area contributed by atoms with Crippen molar-refractivity contribution in [1.29, 1.82) is 0 Å². The molecule has 1 fully saturated rings. The van der Waals surface area contributed by atoms with Gasteiger partial charge in [-0.25, -0.2) is 8.78 Å². The van der Waals surface area contributed by atoms with Gasteiger partial charge >= 0.3 is 0 Å². The van der Waals surface area contributed by atoms with Gasteiger partial charge in [-0.05, 0) is 48.4 Å². The minimum absolute atomic E-state index is 0.216. The van der Waals surface area contributed by atoms with Crippen LogP contribution in [0, 0.1) is 23.5 Å². The van der Waals surface area contributed by atoms with E-state index in [-0.39, 0.29) is 17.9 Å². The summed E-state index contributed by atoms with van der Waals surface area (Å²) in [6.45, 7) is 2.21. The lowest BCUT2D eigenvalue weighted by molar-refractivity contribution is 0.0719. The van der Waals surface area contributed by atoms with Gasteiger partial charge in [0.15, 0.2) is 0 Å². The number of unbranched alkanes of at least 4 members (excludes halogenated alkanes) is 1. The summed E-state index contributed by atoms with van der Waals surface area (Å²) in [7, 11) is 0. The van der Waals surface area contributed by atoms with Crippen molar-refractivity contribution < 1.29 is 13.9 Å². The SMILES string of the molecule is CCCCC1CCC(C(O)Cc2cc(F)ccc2F)CC1. The van der Waals surface area contributed by atoms with Crippen molar-refractivity contribution in [2.45, 2.75) is 64.4 Å². The van der Waals surface area contributed by atoms with E-state index in [4.69, 9.17) is 0 Å². The van der Waals surface area contributed by atoms with Crippen LogP contribution in [-0.4, -0.2) is 11.2 Å². The van der Waals surface area contributed by atoms with Crippen molar-refractivity contribution in [3.05, 3.63) is 35.4 Å². The first-order valence-electron chi connectivity index (χ1n) is 8.22. The molecule has 1 nitrogen and oxygen atoms in total. The molecule has 1 aliphatic rings. The van der Waals surface area contributed by atoms with Crippen molar-refractivity contribution >= 4 is 0 Å². The third-order valence-electron chi connectivity index (χ3n) is 4.84. The maximum absolute atomic E-state index is 13.6. The second-order valence-corrected chi connectivity index (χ2v) is 6.43. The predicted molar refractivity (Wildman–Crippen MR) is 81.0 cm³/mol. The summed E-state index contributed by atoms with van der Waals surface area (Å²) in [5.74, 6) is 0.152. The maximum Gasteiger partial charge on any atom is 0.126 e. The van der Waals surface area contributed by atoms with Crippen molar-refractivity contribution in [2.75, 3.05) is 0 Å². The van der Waals surface area contributed by atoms with Gasteiger partial charge in [-0.3, -0.25) is 0 Å². The number of aliphatic hydroxyl groups excluding tert-OH is 1. The van der Waals surface area contributed by atoms with Crippen LogP contribution in [0.3, 0.4) is 0 Å². The zero-order valence-corrected chi connectivity index (χ0v) is 12.8. The molecule has 0 aromatic heterocycles. The summed E-state index contributed by atoms with van der Waals surface area (Å²) in [5.41, 5.74) is 0.288. The molecule has 0 amide bonds. The van der Waals surface area contributed by atoms with Gasteiger partial charge in [0.05, 0.1) is 6.10 Å². The summed E-state index contributed by atoms with van der Waals surface area (Å²) < 4.78 is 26.8. The number of hydrogen-bond donors (Lipinski definition) is 1. The number of benzene rings is 1. The first kappa shape index (κ1) is 16.4. The van der Waals surface area contributed by atoms with Crippen LogP contribution in [0.25, 0.3) is 0 Å². The van der Waals surface area contributed by atoms with Gasteiger partial charge in [0.1, 0.15) is 11.6 Å². The Morgan fingerprint density at radius 3 is 2.57 bits per heavy atom. The minimum atomic E-state index is -0.562. The Morgan fingerprint density at radius 1 is 1.19 bits per heavy atom. The molecule has 0 aliphatic heterocycles. The minimum Gasteiger partial charge on any atom is -0.392 e. The molecule has 0 bridgehead atoms. The van der Waals surface area contributed by atoms with Crippen molar-refractivity contribution in [2.24, 2.45) is 11.8 Å². The van der Waals surface area contributed by atoms with E-state index in [0.29, 0.717) is 0 Å². The van der Waals surface area contributed by atoms with Gasteiger partial charge in [0.25, 0.3) is 0 Å². The Balaban J connectivity index is 1.84. The summed E-state index contributed by atoms with van der Waals surface area (Å²) in [4.78, 5) is 0. The highest BCUT2D eigenvalue weighted by Gasteiger charge is 2.26. The lowest BCUT2D eigenvalue weighted by Gasteiger charge is -2.31. The fraction of sp³-hybridized carbons (Fsp3) is 0.667. The number of halogens is 2. The van der Waals surface area contributed by atoms with Gasteiger partial charge in [-0.15, -0.1) is 0 Å². The Kier molecular flexibility index (Phi) is 6.16. The summed E-state index contributed by atoms with van der Waals surface area (Å²) in [6.07, 6.45) is 7.80. The molecular weight excluding hydrogens is 270 g/mol. The molecule has 1 N–H and O–H groups in total. The highest BCUT2D eigenvalue weighted by atomic mass is 19.1. The van der Waals surface area contributed by atoms with Gasteiger partial charge in [0, 0.05) is 6.42 Å². The zero-order valence-electron chi connectivity index (χ0n) is 12.8. The smallest absolute Gasteiger partial charge is 0.126 e. The normalized spacial score (nSPS) is 24.0. The topological polar surface area (TPSA) is 20.2 Å². The van der Waals surface area contributed by atoms with Gasteiger partial charge in [-0.2, -0.15) is 0 Å². The van der Waals surface area contributed by atoms with Gasteiger partial charge in [-0.1, -0.05) is 39.0 Å². The maximum atomic E-state index is 13.6. The zero-order chi connectivity index (χ0) is 15.2. The first-order chi connectivity index (χ1) is 10.1. The van der Waals surface area contributed by atoms with Crippen molar-refractivity contribution in [1.82, 2.24) is 0 Å². The Morgan fingerprint density at radius 2 is 1.90 bits per heavy atom. The summed E-state index contributed by atoms with van der Waals surface area (Å²) in [6, 6.07) is 3.45. The molecule has 1 atom stereocenters. The molecule has 0 heterocycles. The standard InChI is InChI=1S/C18H26F2O/c1-2-3-4-13-5-7-14(8-6-13)18(21)12-15-11-16(19)9-10-17(15)20/h9-11,13-14,18,21H,2-8,12H2,1H3. The second kappa shape index (κ2) is 7.88. The molecule has 0 saturated heterocycles. The van der Waals surface area contributed by atoms with E-state index in [1.165, 1.54) is 25.3 Å². The summed E-state index contributed by atoms with van der Waals surface area (Å²) in [5, 5.41) is 10.3. The van der Waals surface area contributed by atoms with E-state index in [1.807, 2.05) is 0 Å². The third-order valence-corrected chi connectivity index (χ3v) is 4.84. The van der Waals surface area contributed by atoms with E-state index < -0.39 is 17.7 Å². The molecule has 0 radical (unpaired) electrons. The van der Waals surface area contributed by atoms with E-state index in [1.54, 1.807) is 0 Å². The van der Waals surface area contributed by atoms with Crippen LogP contribution in [0.15, 0.2) is 18.2 Å². The molecule has 1 unspecified atom stereocenters. The largest absolute Gasteiger partial charge is 0.392 e. The number of rotatable bonds is 6. The Labute approximate surface area is 126 Å². The molecule has 2 rings (SSSR count). The molecule has 21 heavy (non-hydrogen) atoms. The molecule has 118 valence electrons. The fourth-order valence-electron chi connectivity index (χ4n) is 3.45. The highest BCUT2D eigenvalue weighted by Crippen LogP contribution is 2.34. The molecule has 1 aliphatic carbocycles. The molecular formula is C18H26F2O.